The highest BCUT2D eigenvalue weighted by Crippen LogP contribution is 2.40. The largest absolute Gasteiger partial charge is 0.493 e. The molecule has 2 aromatic carbocycles. The number of methoxy groups -OCH3 is 3. The van der Waals surface area contributed by atoms with Gasteiger partial charge in [0.05, 0.1) is 26.9 Å². The number of rotatable bonds is 6. The lowest BCUT2D eigenvalue weighted by Gasteiger charge is -2.15. The van der Waals surface area contributed by atoms with E-state index in [0.29, 0.717) is 33.5 Å². The molecule has 0 unspecified atom stereocenters. The molecule has 0 atom stereocenters. The zero-order valence-electron chi connectivity index (χ0n) is 17.0. The van der Waals surface area contributed by atoms with Crippen LogP contribution in [-0.4, -0.2) is 31.8 Å². The van der Waals surface area contributed by atoms with Crippen LogP contribution in [0.4, 0.5) is 5.69 Å². The third-order valence-electron chi connectivity index (χ3n) is 4.68. The van der Waals surface area contributed by atoms with Crippen LogP contribution >= 0.6 is 11.6 Å². The van der Waals surface area contributed by atoms with Crippen LogP contribution < -0.4 is 19.5 Å². The first-order chi connectivity index (χ1) is 13.9. The Balaban J connectivity index is 1.94. The van der Waals surface area contributed by atoms with Crippen LogP contribution in [0.15, 0.2) is 42.5 Å². The van der Waals surface area contributed by atoms with Gasteiger partial charge in [-0.1, -0.05) is 11.6 Å². The van der Waals surface area contributed by atoms with E-state index >= 15 is 0 Å². The standard InChI is InChI=1S/C22H23ClN2O4/c1-13-10-18(14(2)25(13)17-8-6-15(23)7-9-17)22(26)24-16-11-19(27-3)21(29-5)20(12-16)28-4/h6-12H,1-5H3,(H,24,26). The Hall–Kier alpha value is -3.12. The van der Waals surface area contributed by atoms with Crippen LogP contribution in [0.1, 0.15) is 21.7 Å². The third-order valence-corrected chi connectivity index (χ3v) is 4.94. The average molecular weight is 415 g/mol. The number of aryl methyl sites for hydroxylation is 1. The molecule has 1 heterocycles. The number of hydrogen-bond donors (Lipinski definition) is 1. The molecule has 0 fully saturated rings. The number of halogens is 1. The lowest BCUT2D eigenvalue weighted by atomic mass is 10.2. The summed E-state index contributed by atoms with van der Waals surface area (Å²) in [6.07, 6.45) is 0. The summed E-state index contributed by atoms with van der Waals surface area (Å²) in [7, 11) is 4.59. The number of anilines is 1. The minimum Gasteiger partial charge on any atom is -0.493 e. The van der Waals surface area contributed by atoms with Gasteiger partial charge in [0.25, 0.3) is 5.91 Å². The molecule has 0 aliphatic rings. The summed E-state index contributed by atoms with van der Waals surface area (Å²) in [5.74, 6) is 1.17. The van der Waals surface area contributed by atoms with E-state index in [1.165, 1.54) is 21.3 Å². The number of carbonyl (C=O) groups is 1. The van der Waals surface area contributed by atoms with Crippen molar-refractivity contribution in [1.29, 1.82) is 0 Å². The molecule has 0 spiro atoms. The van der Waals surface area contributed by atoms with Gasteiger partial charge in [0.1, 0.15) is 0 Å². The maximum Gasteiger partial charge on any atom is 0.257 e. The first kappa shape index (κ1) is 20.6. The first-order valence-electron chi connectivity index (χ1n) is 8.95. The monoisotopic (exact) mass is 414 g/mol. The lowest BCUT2D eigenvalue weighted by molar-refractivity contribution is 0.102. The zero-order valence-corrected chi connectivity index (χ0v) is 17.8. The van der Waals surface area contributed by atoms with Crippen LogP contribution in [0.5, 0.6) is 17.2 Å². The minimum atomic E-state index is -0.229. The summed E-state index contributed by atoms with van der Waals surface area (Å²) in [5.41, 5.74) is 3.83. The van der Waals surface area contributed by atoms with Gasteiger partial charge >= 0.3 is 0 Å². The molecule has 0 saturated carbocycles. The van der Waals surface area contributed by atoms with E-state index in [9.17, 15) is 4.79 Å². The van der Waals surface area contributed by atoms with Gasteiger partial charge in [0.2, 0.25) is 5.75 Å². The van der Waals surface area contributed by atoms with E-state index in [4.69, 9.17) is 25.8 Å². The smallest absolute Gasteiger partial charge is 0.257 e. The van der Waals surface area contributed by atoms with Gasteiger partial charge in [-0.25, -0.2) is 0 Å². The van der Waals surface area contributed by atoms with Crippen molar-refractivity contribution in [1.82, 2.24) is 4.57 Å². The minimum absolute atomic E-state index is 0.229. The fraction of sp³-hybridized carbons (Fsp3) is 0.227. The summed E-state index contributed by atoms with van der Waals surface area (Å²) in [4.78, 5) is 13.0. The van der Waals surface area contributed by atoms with Gasteiger partial charge in [0, 0.05) is 39.9 Å². The van der Waals surface area contributed by atoms with Crippen molar-refractivity contribution < 1.29 is 19.0 Å². The molecule has 1 aromatic heterocycles. The normalized spacial score (nSPS) is 10.6. The van der Waals surface area contributed by atoms with E-state index in [0.717, 1.165) is 17.1 Å². The molecule has 29 heavy (non-hydrogen) atoms. The number of hydrogen-bond acceptors (Lipinski definition) is 4. The molecule has 1 N–H and O–H groups in total. The van der Waals surface area contributed by atoms with Crippen LogP contribution in [0.25, 0.3) is 5.69 Å². The predicted octanol–water partition coefficient (Wildman–Crippen LogP) is 5.03. The summed E-state index contributed by atoms with van der Waals surface area (Å²) in [6, 6.07) is 12.7. The van der Waals surface area contributed by atoms with Gasteiger partial charge < -0.3 is 24.1 Å². The Morgan fingerprint density at radius 1 is 0.931 bits per heavy atom. The van der Waals surface area contributed by atoms with Gasteiger partial charge in [-0.3, -0.25) is 4.79 Å². The molecular weight excluding hydrogens is 392 g/mol. The fourth-order valence-electron chi connectivity index (χ4n) is 3.33. The molecular formula is C22H23ClN2O4. The van der Waals surface area contributed by atoms with Crippen molar-refractivity contribution >= 4 is 23.2 Å². The number of benzene rings is 2. The number of carbonyl (C=O) groups excluding carboxylic acids is 1. The van der Waals surface area contributed by atoms with E-state index in [1.54, 1.807) is 12.1 Å². The summed E-state index contributed by atoms with van der Waals surface area (Å²) >= 11 is 5.99. The highest BCUT2D eigenvalue weighted by atomic mass is 35.5. The van der Waals surface area contributed by atoms with E-state index in [-0.39, 0.29) is 5.91 Å². The summed E-state index contributed by atoms with van der Waals surface area (Å²) < 4.78 is 18.0. The molecule has 0 saturated heterocycles. The first-order valence-corrected chi connectivity index (χ1v) is 9.33. The topological polar surface area (TPSA) is 61.7 Å². The van der Waals surface area contributed by atoms with Crippen LogP contribution in [0.2, 0.25) is 5.02 Å². The van der Waals surface area contributed by atoms with Crippen molar-refractivity contribution in [2.75, 3.05) is 26.6 Å². The molecule has 3 rings (SSSR count). The van der Waals surface area contributed by atoms with Gasteiger partial charge in [0.15, 0.2) is 11.5 Å². The zero-order chi connectivity index (χ0) is 21.1. The maximum atomic E-state index is 13.0. The molecule has 0 aliphatic heterocycles. The van der Waals surface area contributed by atoms with Crippen molar-refractivity contribution in [2.45, 2.75) is 13.8 Å². The van der Waals surface area contributed by atoms with Crippen molar-refractivity contribution in [3.63, 3.8) is 0 Å². The van der Waals surface area contributed by atoms with Gasteiger partial charge in [-0.05, 0) is 44.2 Å². The Morgan fingerprint density at radius 3 is 2.03 bits per heavy atom. The number of nitrogens with one attached hydrogen (secondary N) is 1. The Labute approximate surface area is 175 Å². The van der Waals surface area contributed by atoms with E-state index in [2.05, 4.69) is 5.32 Å². The van der Waals surface area contributed by atoms with Crippen LogP contribution in [-0.2, 0) is 0 Å². The van der Waals surface area contributed by atoms with Crippen molar-refractivity contribution in [3.8, 4) is 22.9 Å². The lowest BCUT2D eigenvalue weighted by Crippen LogP contribution is -2.13. The molecule has 0 bridgehead atoms. The Bertz CT molecular complexity index is 1020. The number of amides is 1. The fourth-order valence-corrected chi connectivity index (χ4v) is 3.46. The van der Waals surface area contributed by atoms with Gasteiger partial charge in [-0.2, -0.15) is 0 Å². The van der Waals surface area contributed by atoms with Crippen molar-refractivity contribution in [2.24, 2.45) is 0 Å². The maximum absolute atomic E-state index is 13.0. The second-order valence-corrected chi connectivity index (χ2v) is 6.90. The SMILES string of the molecule is COc1cc(NC(=O)c2cc(C)n(-c3ccc(Cl)cc3)c2C)cc(OC)c1OC. The predicted molar refractivity (Wildman–Crippen MR) is 114 cm³/mol. The second-order valence-electron chi connectivity index (χ2n) is 6.46. The number of nitrogens with zero attached hydrogens (tertiary/aromatic N) is 1. The Kier molecular flexibility index (Phi) is 6.03. The highest BCUT2D eigenvalue weighted by molar-refractivity contribution is 6.30. The molecule has 6 nitrogen and oxygen atoms in total. The second kappa shape index (κ2) is 8.49. The summed E-state index contributed by atoms with van der Waals surface area (Å²) in [5, 5.41) is 3.58. The number of aromatic nitrogens is 1. The van der Waals surface area contributed by atoms with Crippen molar-refractivity contribution in [3.05, 3.63) is 64.4 Å². The van der Waals surface area contributed by atoms with Gasteiger partial charge in [-0.15, -0.1) is 0 Å². The highest BCUT2D eigenvalue weighted by Gasteiger charge is 2.19. The van der Waals surface area contributed by atoms with Crippen LogP contribution in [0, 0.1) is 13.8 Å². The molecule has 3 aromatic rings. The molecule has 1 amide bonds. The molecule has 0 aliphatic carbocycles. The molecule has 152 valence electrons. The summed E-state index contributed by atoms with van der Waals surface area (Å²) in [6.45, 7) is 3.86. The van der Waals surface area contributed by atoms with E-state index < -0.39 is 0 Å². The van der Waals surface area contributed by atoms with Crippen LogP contribution in [0.3, 0.4) is 0 Å². The van der Waals surface area contributed by atoms with E-state index in [1.807, 2.05) is 48.7 Å². The third kappa shape index (κ3) is 4.03. The average Bonchev–Trinajstić information content (AvgIpc) is 3.02. The Morgan fingerprint density at radius 2 is 1.52 bits per heavy atom. The quantitative estimate of drug-likeness (QED) is 0.614. The molecule has 0 radical (unpaired) electrons. The number of ether oxygens (including phenoxy) is 3. The molecule has 7 heteroatoms.